The van der Waals surface area contributed by atoms with E-state index in [1.165, 1.54) is 7.11 Å². The van der Waals surface area contributed by atoms with E-state index in [9.17, 15) is 4.79 Å². The molecule has 5 heteroatoms. The standard InChI is InChI=1S/C19H15ClN2O2/c1-24-19(23)16-10-13-11-6-3-5-9-15(11)21-18(13)17(22-16)12-7-2-4-8-14(12)20/h2,4-5,7-9,16-17,21-22H,10H2,1H3/t16-,17+/m0/s1. The topological polar surface area (TPSA) is 54.1 Å². The zero-order valence-electron chi connectivity index (χ0n) is 13.0. The number of hydrogen-bond donors (Lipinski definition) is 2. The minimum Gasteiger partial charge on any atom is -0.468 e. The summed E-state index contributed by atoms with van der Waals surface area (Å²) in [4.78, 5) is 15.6. The lowest BCUT2D eigenvalue weighted by atomic mass is 9.91. The molecule has 1 aromatic carbocycles. The molecule has 0 spiro atoms. The normalized spacial score (nSPS) is 20.6. The number of ether oxygens (including phenoxy) is 1. The van der Waals surface area contributed by atoms with E-state index in [0.29, 0.717) is 11.4 Å². The smallest absolute Gasteiger partial charge is 0.323 e. The molecular weight excluding hydrogens is 324 g/mol. The molecule has 120 valence electrons. The third-order valence-corrected chi connectivity index (χ3v) is 4.81. The van der Waals surface area contributed by atoms with Crippen molar-refractivity contribution in [2.24, 2.45) is 0 Å². The monoisotopic (exact) mass is 338 g/mol. The van der Waals surface area contributed by atoms with Crippen LogP contribution in [0.5, 0.6) is 0 Å². The number of H-pyrrole nitrogens is 1. The van der Waals surface area contributed by atoms with Crippen LogP contribution in [0, 0.1) is 0 Å². The first-order chi connectivity index (χ1) is 11.7. The molecule has 0 fully saturated rings. The number of halogens is 1. The summed E-state index contributed by atoms with van der Waals surface area (Å²) in [6.07, 6.45) is 4.32. The number of methoxy groups -OCH3 is 1. The second-order valence-electron chi connectivity index (χ2n) is 5.81. The SMILES string of the molecule is COC(=O)[C@@H]1Cc2c([nH]c3c2=C=C=CC=3)[C@@H](c2ccccc2Cl)N1. The van der Waals surface area contributed by atoms with E-state index in [1.807, 2.05) is 36.4 Å². The Labute approximate surface area is 143 Å². The number of aromatic amines is 1. The number of fused-ring (bicyclic) bond motifs is 3. The predicted molar refractivity (Wildman–Crippen MR) is 91.9 cm³/mol. The Hall–Kier alpha value is -2.48. The Balaban J connectivity index is 1.93. The van der Waals surface area contributed by atoms with Crippen LogP contribution in [0.3, 0.4) is 0 Å². The van der Waals surface area contributed by atoms with Gasteiger partial charge >= 0.3 is 5.97 Å². The van der Waals surface area contributed by atoms with Crippen molar-refractivity contribution in [3.8, 4) is 0 Å². The van der Waals surface area contributed by atoms with Gasteiger partial charge in [0.15, 0.2) is 0 Å². The number of nitrogens with one attached hydrogen (secondary N) is 2. The zero-order chi connectivity index (χ0) is 16.7. The quantitative estimate of drug-likeness (QED) is 0.641. The fraction of sp³-hybridized carbons (Fsp3) is 0.211. The molecule has 4 rings (SSSR count). The summed E-state index contributed by atoms with van der Waals surface area (Å²) in [6.45, 7) is 0. The van der Waals surface area contributed by atoms with Crippen molar-refractivity contribution in [3.05, 3.63) is 68.5 Å². The van der Waals surface area contributed by atoms with Gasteiger partial charge in [0.25, 0.3) is 0 Å². The molecule has 0 radical (unpaired) electrons. The van der Waals surface area contributed by atoms with Gasteiger partial charge in [-0.3, -0.25) is 10.1 Å². The summed E-state index contributed by atoms with van der Waals surface area (Å²) in [5.41, 5.74) is 9.13. The van der Waals surface area contributed by atoms with Crippen LogP contribution >= 0.6 is 11.6 Å². The molecule has 24 heavy (non-hydrogen) atoms. The third kappa shape index (κ3) is 2.34. The van der Waals surface area contributed by atoms with Crippen LogP contribution in [0.15, 0.2) is 36.1 Å². The molecule has 0 amide bonds. The average Bonchev–Trinajstić information content (AvgIpc) is 2.99. The highest BCUT2D eigenvalue weighted by molar-refractivity contribution is 6.31. The number of carbonyl (C=O) groups excluding carboxylic acids is 1. The fourth-order valence-electron chi connectivity index (χ4n) is 3.34. The van der Waals surface area contributed by atoms with E-state index in [-0.39, 0.29) is 12.0 Å². The van der Waals surface area contributed by atoms with E-state index >= 15 is 0 Å². The highest BCUT2D eigenvalue weighted by Crippen LogP contribution is 2.31. The molecule has 2 N–H and O–H groups in total. The molecule has 0 saturated carbocycles. The fourth-order valence-corrected chi connectivity index (χ4v) is 3.59. The van der Waals surface area contributed by atoms with Crippen LogP contribution in [0.4, 0.5) is 0 Å². The average molecular weight is 339 g/mol. The van der Waals surface area contributed by atoms with Gasteiger partial charge in [-0.15, -0.1) is 0 Å². The molecule has 2 aliphatic rings. The lowest BCUT2D eigenvalue weighted by Crippen LogP contribution is -2.46. The summed E-state index contributed by atoms with van der Waals surface area (Å²) < 4.78 is 4.95. The Kier molecular flexibility index (Phi) is 3.68. The van der Waals surface area contributed by atoms with Crippen molar-refractivity contribution in [1.82, 2.24) is 10.3 Å². The summed E-state index contributed by atoms with van der Waals surface area (Å²) in [7, 11) is 1.40. The first kappa shape index (κ1) is 15.1. The minimum absolute atomic E-state index is 0.215. The maximum atomic E-state index is 12.2. The van der Waals surface area contributed by atoms with Gasteiger partial charge in [-0.05, 0) is 29.3 Å². The highest BCUT2D eigenvalue weighted by Gasteiger charge is 2.34. The lowest BCUT2D eigenvalue weighted by molar-refractivity contribution is -0.143. The second-order valence-corrected chi connectivity index (χ2v) is 6.22. The van der Waals surface area contributed by atoms with Crippen molar-refractivity contribution in [2.45, 2.75) is 18.5 Å². The van der Waals surface area contributed by atoms with E-state index < -0.39 is 6.04 Å². The van der Waals surface area contributed by atoms with Crippen LogP contribution < -0.4 is 15.9 Å². The lowest BCUT2D eigenvalue weighted by Gasteiger charge is -2.30. The molecule has 1 aromatic heterocycles. The largest absolute Gasteiger partial charge is 0.468 e. The number of allylic oxidation sites excluding steroid dienone is 1. The Morgan fingerprint density at radius 3 is 3.00 bits per heavy atom. The summed E-state index contributed by atoms with van der Waals surface area (Å²) in [5.74, 6) is -0.285. The first-order valence-electron chi connectivity index (χ1n) is 7.70. The summed E-state index contributed by atoms with van der Waals surface area (Å²) >= 11 is 6.40. The van der Waals surface area contributed by atoms with Gasteiger partial charge in [0.05, 0.1) is 23.7 Å². The van der Waals surface area contributed by atoms with Crippen molar-refractivity contribution in [1.29, 1.82) is 0 Å². The van der Waals surface area contributed by atoms with Crippen LogP contribution in [0.2, 0.25) is 5.02 Å². The third-order valence-electron chi connectivity index (χ3n) is 4.46. The van der Waals surface area contributed by atoms with E-state index in [0.717, 1.165) is 27.4 Å². The molecular formula is C19H15ClN2O2. The van der Waals surface area contributed by atoms with Crippen molar-refractivity contribution >= 4 is 29.4 Å². The molecule has 0 unspecified atom stereocenters. The zero-order valence-corrected chi connectivity index (χ0v) is 13.8. The van der Waals surface area contributed by atoms with Crippen molar-refractivity contribution in [3.63, 3.8) is 0 Å². The minimum atomic E-state index is -0.434. The number of esters is 1. The van der Waals surface area contributed by atoms with Gasteiger partial charge in [0.1, 0.15) is 6.04 Å². The molecule has 0 saturated heterocycles. The van der Waals surface area contributed by atoms with Gasteiger partial charge < -0.3 is 9.72 Å². The molecule has 0 bridgehead atoms. The Bertz CT molecular complexity index is 1020. The number of hydrogen-bond acceptors (Lipinski definition) is 3. The van der Waals surface area contributed by atoms with Crippen molar-refractivity contribution in [2.75, 3.05) is 7.11 Å². The Morgan fingerprint density at radius 1 is 1.38 bits per heavy atom. The second kappa shape index (κ2) is 5.86. The number of carbonyl (C=O) groups is 1. The highest BCUT2D eigenvalue weighted by atomic mass is 35.5. The summed E-state index contributed by atoms with van der Waals surface area (Å²) in [5, 5.41) is 5.95. The molecule has 2 aromatic rings. The van der Waals surface area contributed by atoms with E-state index in [4.69, 9.17) is 16.3 Å². The number of aromatic nitrogens is 1. The maximum absolute atomic E-state index is 12.2. The van der Waals surface area contributed by atoms with Gasteiger partial charge in [0.2, 0.25) is 0 Å². The van der Waals surface area contributed by atoms with Crippen LogP contribution in [-0.4, -0.2) is 24.1 Å². The van der Waals surface area contributed by atoms with E-state index in [2.05, 4.69) is 21.8 Å². The predicted octanol–water partition coefficient (Wildman–Crippen LogP) is 1.33. The number of rotatable bonds is 2. The van der Waals surface area contributed by atoms with Crippen LogP contribution in [0.1, 0.15) is 22.9 Å². The van der Waals surface area contributed by atoms with E-state index in [1.54, 1.807) is 0 Å². The molecule has 2 heterocycles. The van der Waals surface area contributed by atoms with Gasteiger partial charge in [0, 0.05) is 17.1 Å². The summed E-state index contributed by atoms with van der Waals surface area (Å²) in [6, 6.07) is 6.99. The Morgan fingerprint density at radius 2 is 2.21 bits per heavy atom. The first-order valence-corrected chi connectivity index (χ1v) is 8.08. The van der Waals surface area contributed by atoms with Crippen LogP contribution in [0.25, 0.3) is 11.8 Å². The van der Waals surface area contributed by atoms with Gasteiger partial charge in [-0.2, -0.15) is 0 Å². The molecule has 4 nitrogen and oxygen atoms in total. The van der Waals surface area contributed by atoms with Crippen molar-refractivity contribution < 1.29 is 9.53 Å². The van der Waals surface area contributed by atoms with Gasteiger partial charge in [-0.1, -0.05) is 41.3 Å². The van der Waals surface area contributed by atoms with Gasteiger partial charge in [-0.25, -0.2) is 0 Å². The molecule has 1 aliphatic heterocycles. The molecule has 1 aliphatic carbocycles. The number of benzene rings is 1. The molecule has 2 atom stereocenters. The maximum Gasteiger partial charge on any atom is 0.323 e. The van der Waals surface area contributed by atoms with Crippen LogP contribution in [-0.2, 0) is 16.0 Å².